The molecule has 0 aromatic heterocycles. The Balaban J connectivity index is 2.33. The maximum Gasteiger partial charge on any atom is 0.146 e. The molecule has 1 nitrogen and oxygen atoms in total. The van der Waals surface area contributed by atoms with E-state index in [0.717, 1.165) is 0 Å². The second kappa shape index (κ2) is 5.91. The number of hydrogen-bond acceptors (Lipinski definition) is 1. The third kappa shape index (κ3) is 3.16. The maximum absolute atomic E-state index is 13.1. The van der Waals surface area contributed by atoms with E-state index in [9.17, 15) is 4.39 Å². The van der Waals surface area contributed by atoms with Crippen molar-refractivity contribution in [3.05, 3.63) is 57.8 Å². The van der Waals surface area contributed by atoms with Gasteiger partial charge < -0.3 is 4.74 Å². The molecule has 94 valence electrons. The molecule has 0 aliphatic rings. The van der Waals surface area contributed by atoms with Crippen LogP contribution in [0.4, 0.5) is 4.39 Å². The van der Waals surface area contributed by atoms with Crippen LogP contribution in [0.1, 0.15) is 5.56 Å². The maximum atomic E-state index is 13.1. The van der Waals surface area contributed by atoms with Crippen molar-refractivity contribution in [2.45, 2.75) is 5.33 Å². The third-order valence-electron chi connectivity index (χ3n) is 2.28. The molecule has 5 heteroatoms. The number of hydrogen-bond donors (Lipinski definition) is 0. The van der Waals surface area contributed by atoms with Gasteiger partial charge in [-0.25, -0.2) is 4.39 Å². The van der Waals surface area contributed by atoms with E-state index < -0.39 is 0 Å². The van der Waals surface area contributed by atoms with Crippen molar-refractivity contribution in [2.24, 2.45) is 0 Å². The van der Waals surface area contributed by atoms with Crippen molar-refractivity contribution in [1.82, 2.24) is 0 Å². The van der Waals surface area contributed by atoms with Crippen molar-refractivity contribution in [2.75, 3.05) is 0 Å². The van der Waals surface area contributed by atoms with Crippen molar-refractivity contribution in [1.29, 1.82) is 0 Å². The van der Waals surface area contributed by atoms with Crippen LogP contribution in [0, 0.1) is 5.82 Å². The number of halogens is 4. The summed E-state index contributed by atoms with van der Waals surface area (Å²) in [6, 6.07) is 9.26. The fraction of sp³-hybridized carbons (Fsp3) is 0.0769. The van der Waals surface area contributed by atoms with E-state index in [1.807, 2.05) is 0 Å². The molecule has 2 rings (SSSR count). The van der Waals surface area contributed by atoms with Gasteiger partial charge in [0.1, 0.15) is 17.3 Å². The zero-order chi connectivity index (χ0) is 13.1. The summed E-state index contributed by atoms with van der Waals surface area (Å²) in [5.74, 6) is 0.728. The predicted octanol–water partition coefficient (Wildman–Crippen LogP) is 5.82. The SMILES string of the molecule is Fc1ccc(Oc2ccc(Cl)cc2Cl)c(CBr)c1. The molecule has 2 aromatic carbocycles. The molecule has 0 fully saturated rings. The zero-order valence-electron chi connectivity index (χ0n) is 9.09. The monoisotopic (exact) mass is 348 g/mol. The molecular weight excluding hydrogens is 342 g/mol. The molecule has 0 saturated heterocycles. The molecule has 0 atom stereocenters. The average Bonchev–Trinajstić information content (AvgIpc) is 2.34. The molecule has 0 amide bonds. The first-order valence-corrected chi connectivity index (χ1v) is 6.95. The Labute approximate surface area is 123 Å². The number of rotatable bonds is 3. The van der Waals surface area contributed by atoms with Crippen LogP contribution in [0.3, 0.4) is 0 Å². The Bertz CT molecular complexity index is 575. The Morgan fingerprint density at radius 2 is 1.78 bits per heavy atom. The minimum atomic E-state index is -0.306. The van der Waals surface area contributed by atoms with Gasteiger partial charge in [-0.05, 0) is 36.4 Å². The first-order chi connectivity index (χ1) is 8.60. The van der Waals surface area contributed by atoms with Crippen molar-refractivity contribution >= 4 is 39.1 Å². The van der Waals surface area contributed by atoms with Crippen LogP contribution in [0.25, 0.3) is 0 Å². The van der Waals surface area contributed by atoms with Gasteiger partial charge in [0.05, 0.1) is 5.02 Å². The largest absolute Gasteiger partial charge is 0.455 e. The average molecular weight is 350 g/mol. The summed E-state index contributed by atoms with van der Waals surface area (Å²) in [7, 11) is 0. The lowest BCUT2D eigenvalue weighted by molar-refractivity contribution is 0.476. The van der Waals surface area contributed by atoms with E-state index in [0.29, 0.717) is 32.4 Å². The van der Waals surface area contributed by atoms with Gasteiger partial charge in [0.25, 0.3) is 0 Å². The summed E-state index contributed by atoms with van der Waals surface area (Å²) in [4.78, 5) is 0. The molecule has 0 aliphatic carbocycles. The molecular formula is C13H8BrCl2FO. The van der Waals surface area contributed by atoms with E-state index >= 15 is 0 Å². The number of benzene rings is 2. The third-order valence-corrected chi connectivity index (χ3v) is 3.41. The first-order valence-electron chi connectivity index (χ1n) is 5.07. The highest BCUT2D eigenvalue weighted by Gasteiger charge is 2.08. The number of alkyl halides is 1. The standard InChI is InChI=1S/C13H8BrCl2FO/c14-7-8-5-10(17)2-4-12(8)18-13-3-1-9(15)6-11(13)16/h1-6H,7H2. The Hall–Kier alpha value is -0.770. The predicted molar refractivity (Wildman–Crippen MR) is 75.6 cm³/mol. The lowest BCUT2D eigenvalue weighted by atomic mass is 10.2. The zero-order valence-corrected chi connectivity index (χ0v) is 12.2. The summed E-state index contributed by atoms with van der Waals surface area (Å²) < 4.78 is 18.7. The van der Waals surface area contributed by atoms with Gasteiger partial charge in [-0.1, -0.05) is 39.1 Å². The van der Waals surface area contributed by atoms with Crippen LogP contribution >= 0.6 is 39.1 Å². The summed E-state index contributed by atoms with van der Waals surface area (Å²) in [6.07, 6.45) is 0. The lowest BCUT2D eigenvalue weighted by Crippen LogP contribution is -1.91. The number of ether oxygens (including phenoxy) is 1. The molecule has 0 radical (unpaired) electrons. The molecule has 0 N–H and O–H groups in total. The van der Waals surface area contributed by atoms with E-state index in [-0.39, 0.29) is 5.82 Å². The van der Waals surface area contributed by atoms with Crippen molar-refractivity contribution < 1.29 is 9.13 Å². The van der Waals surface area contributed by atoms with Crippen molar-refractivity contribution in [3.63, 3.8) is 0 Å². The summed E-state index contributed by atoms with van der Waals surface area (Å²) in [6.45, 7) is 0. The van der Waals surface area contributed by atoms with E-state index in [4.69, 9.17) is 27.9 Å². The Morgan fingerprint density at radius 1 is 1.06 bits per heavy atom. The fourth-order valence-electron chi connectivity index (χ4n) is 1.43. The van der Waals surface area contributed by atoms with Crippen LogP contribution in [0.5, 0.6) is 11.5 Å². The molecule has 0 unspecified atom stereocenters. The van der Waals surface area contributed by atoms with E-state index in [1.54, 1.807) is 24.3 Å². The fourth-order valence-corrected chi connectivity index (χ4v) is 2.31. The molecule has 0 saturated carbocycles. The van der Waals surface area contributed by atoms with Crippen LogP contribution in [0.15, 0.2) is 36.4 Å². The highest BCUT2D eigenvalue weighted by molar-refractivity contribution is 9.08. The minimum absolute atomic E-state index is 0.306. The van der Waals surface area contributed by atoms with Gasteiger partial charge in [0.2, 0.25) is 0 Å². The molecule has 18 heavy (non-hydrogen) atoms. The van der Waals surface area contributed by atoms with E-state index in [1.165, 1.54) is 12.1 Å². The molecule has 0 heterocycles. The quantitative estimate of drug-likeness (QED) is 0.634. The molecule has 0 spiro atoms. The highest BCUT2D eigenvalue weighted by atomic mass is 79.9. The first kappa shape index (κ1) is 13.7. The van der Waals surface area contributed by atoms with Crippen LogP contribution in [-0.4, -0.2) is 0 Å². The lowest BCUT2D eigenvalue weighted by Gasteiger charge is -2.11. The summed E-state index contributed by atoms with van der Waals surface area (Å²) >= 11 is 15.1. The molecule has 2 aromatic rings. The minimum Gasteiger partial charge on any atom is -0.455 e. The Morgan fingerprint density at radius 3 is 2.44 bits per heavy atom. The molecule has 0 aliphatic heterocycles. The van der Waals surface area contributed by atoms with E-state index in [2.05, 4.69) is 15.9 Å². The summed E-state index contributed by atoms with van der Waals surface area (Å²) in [5.41, 5.74) is 0.709. The highest BCUT2D eigenvalue weighted by Crippen LogP contribution is 2.33. The van der Waals surface area contributed by atoms with Gasteiger partial charge in [-0.15, -0.1) is 0 Å². The molecule has 0 bridgehead atoms. The van der Waals surface area contributed by atoms with Gasteiger partial charge in [-0.3, -0.25) is 0 Å². The normalized spacial score (nSPS) is 10.4. The van der Waals surface area contributed by atoms with Gasteiger partial charge in [0.15, 0.2) is 0 Å². The summed E-state index contributed by atoms with van der Waals surface area (Å²) in [5, 5.41) is 1.44. The van der Waals surface area contributed by atoms with Crippen molar-refractivity contribution in [3.8, 4) is 11.5 Å². The van der Waals surface area contributed by atoms with Gasteiger partial charge in [-0.2, -0.15) is 0 Å². The van der Waals surface area contributed by atoms with Crippen LogP contribution in [-0.2, 0) is 5.33 Å². The topological polar surface area (TPSA) is 9.23 Å². The van der Waals surface area contributed by atoms with Gasteiger partial charge in [0, 0.05) is 15.9 Å². The smallest absolute Gasteiger partial charge is 0.146 e. The Kier molecular flexibility index (Phi) is 4.49. The second-order valence-electron chi connectivity index (χ2n) is 3.56. The van der Waals surface area contributed by atoms with Crippen LogP contribution < -0.4 is 4.74 Å². The second-order valence-corrected chi connectivity index (χ2v) is 4.97. The van der Waals surface area contributed by atoms with Crippen LogP contribution in [0.2, 0.25) is 10.0 Å². The van der Waals surface area contributed by atoms with Gasteiger partial charge >= 0.3 is 0 Å².